The molecule has 0 radical (unpaired) electrons. The zero-order chi connectivity index (χ0) is 12.3. The van der Waals surface area contributed by atoms with Gasteiger partial charge in [0.1, 0.15) is 5.60 Å². The summed E-state index contributed by atoms with van der Waals surface area (Å²) in [5.41, 5.74) is -0.495. The molecule has 16 heavy (non-hydrogen) atoms. The van der Waals surface area contributed by atoms with Crippen LogP contribution in [-0.4, -0.2) is 21.2 Å². The molecule has 0 saturated carbocycles. The van der Waals surface area contributed by atoms with E-state index in [1.165, 1.54) is 0 Å². The Morgan fingerprint density at radius 2 is 2.12 bits per heavy atom. The Morgan fingerprint density at radius 1 is 1.50 bits per heavy atom. The summed E-state index contributed by atoms with van der Waals surface area (Å²) in [4.78, 5) is 15.5. The molecule has 0 bridgehead atoms. The number of anilines is 1. The zero-order valence-electron chi connectivity index (χ0n) is 10.4. The Kier molecular flexibility index (Phi) is 3.57. The van der Waals surface area contributed by atoms with Gasteiger partial charge < -0.3 is 9.30 Å². The third-order valence-corrected chi connectivity index (χ3v) is 1.83. The zero-order valence-corrected chi connectivity index (χ0v) is 10.4. The predicted octanol–water partition coefficient (Wildman–Crippen LogP) is 2.81. The highest BCUT2D eigenvalue weighted by Crippen LogP contribution is 2.12. The van der Waals surface area contributed by atoms with Crippen LogP contribution in [0.3, 0.4) is 0 Å². The molecule has 0 aromatic carbocycles. The first-order valence-electron chi connectivity index (χ1n) is 5.31. The minimum atomic E-state index is -0.495. The monoisotopic (exact) mass is 225 g/mol. The first kappa shape index (κ1) is 12.5. The summed E-state index contributed by atoms with van der Waals surface area (Å²) in [6.45, 7) is 9.54. The lowest BCUT2D eigenvalue weighted by atomic mass is 10.2. The number of rotatable bonds is 2. The number of carbonyl (C=O) groups excluding carboxylic acids is 1. The second-order valence-electron chi connectivity index (χ2n) is 4.93. The number of nitrogens with zero attached hydrogens (tertiary/aromatic N) is 2. The molecule has 0 aliphatic rings. The Hall–Kier alpha value is -1.52. The molecule has 0 atom stereocenters. The van der Waals surface area contributed by atoms with Crippen molar-refractivity contribution >= 4 is 11.9 Å². The molecule has 5 heteroatoms. The number of hydrogen-bond acceptors (Lipinski definition) is 3. The van der Waals surface area contributed by atoms with Gasteiger partial charge in [0.05, 0.1) is 6.33 Å². The number of amides is 1. The van der Waals surface area contributed by atoms with E-state index in [0.29, 0.717) is 11.9 Å². The topological polar surface area (TPSA) is 56.2 Å². The molecule has 1 aromatic heterocycles. The van der Waals surface area contributed by atoms with Crippen molar-refractivity contribution in [3.8, 4) is 0 Å². The van der Waals surface area contributed by atoms with Crippen LogP contribution in [0.4, 0.5) is 10.6 Å². The summed E-state index contributed by atoms with van der Waals surface area (Å²) in [6, 6.07) is 0.321. The fraction of sp³-hybridized carbons (Fsp3) is 0.636. The highest BCUT2D eigenvalue weighted by Gasteiger charge is 2.16. The van der Waals surface area contributed by atoms with Crippen molar-refractivity contribution in [1.29, 1.82) is 0 Å². The first-order valence-corrected chi connectivity index (χ1v) is 5.31. The van der Waals surface area contributed by atoms with E-state index in [2.05, 4.69) is 10.3 Å². The van der Waals surface area contributed by atoms with Crippen molar-refractivity contribution in [2.45, 2.75) is 46.3 Å². The summed E-state index contributed by atoms with van der Waals surface area (Å²) in [7, 11) is 0. The van der Waals surface area contributed by atoms with Crippen molar-refractivity contribution in [3.05, 3.63) is 12.5 Å². The summed E-state index contributed by atoms with van der Waals surface area (Å²) in [6.07, 6.45) is 2.97. The molecule has 1 aromatic rings. The molecular formula is C11H19N3O2. The minimum Gasteiger partial charge on any atom is -0.444 e. The fourth-order valence-corrected chi connectivity index (χ4v) is 1.09. The van der Waals surface area contributed by atoms with E-state index in [-0.39, 0.29) is 0 Å². The molecule has 90 valence electrons. The van der Waals surface area contributed by atoms with Crippen molar-refractivity contribution < 1.29 is 9.53 Å². The lowest BCUT2D eigenvalue weighted by Crippen LogP contribution is -2.27. The summed E-state index contributed by atoms with van der Waals surface area (Å²) in [5.74, 6) is 0.503. The summed E-state index contributed by atoms with van der Waals surface area (Å²) < 4.78 is 7.02. The largest absolute Gasteiger partial charge is 0.444 e. The summed E-state index contributed by atoms with van der Waals surface area (Å²) >= 11 is 0. The maximum absolute atomic E-state index is 11.4. The Balaban J connectivity index is 2.57. The van der Waals surface area contributed by atoms with E-state index in [4.69, 9.17) is 4.74 Å². The van der Waals surface area contributed by atoms with Crippen molar-refractivity contribution in [2.24, 2.45) is 0 Å². The van der Waals surface area contributed by atoms with Gasteiger partial charge in [-0.2, -0.15) is 0 Å². The molecule has 0 aliphatic carbocycles. The second-order valence-corrected chi connectivity index (χ2v) is 4.93. The Morgan fingerprint density at radius 3 is 2.56 bits per heavy atom. The van der Waals surface area contributed by atoms with Crippen LogP contribution < -0.4 is 5.32 Å². The fourth-order valence-electron chi connectivity index (χ4n) is 1.09. The number of ether oxygens (including phenoxy) is 1. The van der Waals surface area contributed by atoms with E-state index >= 15 is 0 Å². The highest BCUT2D eigenvalue weighted by molar-refractivity contribution is 5.83. The predicted molar refractivity (Wildman–Crippen MR) is 62.5 cm³/mol. The molecule has 1 amide bonds. The number of hydrogen-bond donors (Lipinski definition) is 1. The van der Waals surface area contributed by atoms with Gasteiger partial charge >= 0.3 is 6.09 Å². The van der Waals surface area contributed by atoms with Crippen LogP contribution in [-0.2, 0) is 4.74 Å². The van der Waals surface area contributed by atoms with Crippen LogP contribution in [0.5, 0.6) is 0 Å². The smallest absolute Gasteiger partial charge is 0.413 e. The standard InChI is InChI=1S/C11H19N3O2/c1-8(2)14-6-9(12-7-14)13-10(15)16-11(3,4)5/h6-8H,1-5H3,(H,13,15). The molecular weight excluding hydrogens is 206 g/mol. The molecule has 1 rings (SSSR count). The van der Waals surface area contributed by atoms with E-state index in [1.807, 2.05) is 39.2 Å². The molecule has 1 N–H and O–H groups in total. The molecule has 0 unspecified atom stereocenters. The molecule has 0 spiro atoms. The van der Waals surface area contributed by atoms with Crippen LogP contribution in [0.15, 0.2) is 12.5 Å². The molecule has 0 saturated heterocycles. The quantitative estimate of drug-likeness (QED) is 0.842. The van der Waals surface area contributed by atoms with Crippen molar-refractivity contribution in [2.75, 3.05) is 5.32 Å². The highest BCUT2D eigenvalue weighted by atomic mass is 16.6. The Labute approximate surface area is 95.8 Å². The van der Waals surface area contributed by atoms with Gasteiger partial charge in [0.2, 0.25) is 0 Å². The van der Waals surface area contributed by atoms with E-state index in [9.17, 15) is 4.79 Å². The SMILES string of the molecule is CC(C)n1cnc(NC(=O)OC(C)(C)C)c1. The van der Waals surface area contributed by atoms with Gasteiger partial charge in [0, 0.05) is 12.2 Å². The Bertz CT molecular complexity index is 364. The molecule has 0 fully saturated rings. The summed E-state index contributed by atoms with van der Waals surface area (Å²) in [5, 5.41) is 2.58. The van der Waals surface area contributed by atoms with Gasteiger partial charge in [-0.05, 0) is 34.6 Å². The van der Waals surface area contributed by atoms with Gasteiger partial charge in [0.25, 0.3) is 0 Å². The van der Waals surface area contributed by atoms with E-state index < -0.39 is 11.7 Å². The van der Waals surface area contributed by atoms with Gasteiger partial charge in [-0.3, -0.25) is 5.32 Å². The van der Waals surface area contributed by atoms with Crippen LogP contribution >= 0.6 is 0 Å². The number of nitrogens with one attached hydrogen (secondary N) is 1. The maximum atomic E-state index is 11.4. The maximum Gasteiger partial charge on any atom is 0.413 e. The average Bonchev–Trinajstić information content (AvgIpc) is 2.48. The van der Waals surface area contributed by atoms with Crippen LogP contribution in [0.1, 0.15) is 40.7 Å². The van der Waals surface area contributed by atoms with Crippen LogP contribution in [0.25, 0.3) is 0 Å². The van der Waals surface area contributed by atoms with E-state index in [1.54, 1.807) is 12.5 Å². The number of aromatic nitrogens is 2. The molecule has 0 aliphatic heterocycles. The van der Waals surface area contributed by atoms with Gasteiger partial charge in [-0.15, -0.1) is 0 Å². The third-order valence-electron chi connectivity index (χ3n) is 1.83. The van der Waals surface area contributed by atoms with Crippen molar-refractivity contribution in [1.82, 2.24) is 9.55 Å². The lowest BCUT2D eigenvalue weighted by molar-refractivity contribution is 0.0635. The normalized spacial score (nSPS) is 11.6. The van der Waals surface area contributed by atoms with Crippen LogP contribution in [0, 0.1) is 0 Å². The van der Waals surface area contributed by atoms with Crippen LogP contribution in [0.2, 0.25) is 0 Å². The average molecular weight is 225 g/mol. The van der Waals surface area contributed by atoms with Crippen molar-refractivity contribution in [3.63, 3.8) is 0 Å². The number of imidazole rings is 1. The minimum absolute atomic E-state index is 0.321. The van der Waals surface area contributed by atoms with Gasteiger partial charge in [-0.25, -0.2) is 9.78 Å². The second kappa shape index (κ2) is 4.55. The van der Waals surface area contributed by atoms with E-state index in [0.717, 1.165) is 0 Å². The van der Waals surface area contributed by atoms with Gasteiger partial charge in [-0.1, -0.05) is 0 Å². The number of carbonyl (C=O) groups is 1. The molecule has 1 heterocycles. The van der Waals surface area contributed by atoms with Gasteiger partial charge in [0.15, 0.2) is 5.82 Å². The first-order chi connectivity index (χ1) is 7.28. The molecule has 5 nitrogen and oxygen atoms in total. The lowest BCUT2D eigenvalue weighted by Gasteiger charge is -2.19. The third kappa shape index (κ3) is 3.92.